The molecule has 0 radical (unpaired) electrons. The Bertz CT molecular complexity index is 643. The van der Waals surface area contributed by atoms with Crippen LogP contribution in [0.15, 0.2) is 40.7 Å². The highest BCUT2D eigenvalue weighted by Crippen LogP contribution is 2.21. The average molecular weight is 387 g/mol. The highest BCUT2D eigenvalue weighted by molar-refractivity contribution is 9.10. The molecule has 5 nitrogen and oxygen atoms in total. The van der Waals surface area contributed by atoms with Gasteiger partial charge < -0.3 is 5.32 Å². The Kier molecular flexibility index (Phi) is 5.77. The molecule has 1 aliphatic rings. The fourth-order valence-corrected chi connectivity index (χ4v) is 3.78. The Labute approximate surface area is 139 Å². The van der Waals surface area contributed by atoms with E-state index in [4.69, 9.17) is 0 Å². The minimum atomic E-state index is -3.69. The minimum absolute atomic E-state index is 0.152. The summed E-state index contributed by atoms with van der Waals surface area (Å²) in [5, 5.41) is 3.69. The van der Waals surface area contributed by atoms with Crippen LogP contribution in [0.4, 0.5) is 0 Å². The highest BCUT2D eigenvalue weighted by atomic mass is 79.9. The number of halogens is 1. The summed E-state index contributed by atoms with van der Waals surface area (Å²) in [6, 6.07) is 6.69. The predicted molar refractivity (Wildman–Crippen MR) is 89.5 cm³/mol. The molecule has 1 saturated heterocycles. The van der Waals surface area contributed by atoms with E-state index in [0.29, 0.717) is 13.0 Å². The second-order valence-electron chi connectivity index (χ2n) is 5.19. The molecule has 1 heterocycles. The molecule has 1 atom stereocenters. The molecule has 22 heavy (non-hydrogen) atoms. The number of carbonyl (C=O) groups excluding carboxylic acids is 1. The van der Waals surface area contributed by atoms with Gasteiger partial charge in [0.1, 0.15) is 6.04 Å². The molecule has 1 aliphatic heterocycles. The Morgan fingerprint density at radius 1 is 1.32 bits per heavy atom. The smallest absolute Gasteiger partial charge is 0.238 e. The largest absolute Gasteiger partial charge is 0.355 e. The van der Waals surface area contributed by atoms with E-state index >= 15 is 0 Å². The Balaban J connectivity index is 2.31. The first-order valence-electron chi connectivity index (χ1n) is 7.10. The van der Waals surface area contributed by atoms with Gasteiger partial charge in [0.2, 0.25) is 15.9 Å². The van der Waals surface area contributed by atoms with Crippen LogP contribution < -0.4 is 5.32 Å². The fourth-order valence-electron chi connectivity index (χ4n) is 2.44. The summed E-state index contributed by atoms with van der Waals surface area (Å²) in [6.07, 6.45) is 2.20. The van der Waals surface area contributed by atoms with E-state index in [-0.39, 0.29) is 12.5 Å². The van der Waals surface area contributed by atoms with Crippen molar-refractivity contribution in [3.05, 3.63) is 46.3 Å². The summed E-state index contributed by atoms with van der Waals surface area (Å²) < 4.78 is 26.9. The standard InChI is InChI=1S/C15H19BrN2O3S/c1-2-22(20,21)18(11-12-6-8-13(16)9-7-12)14-5-3-4-10-17-15(14)19/h2,6-9,14H,1,3-5,10-11H2,(H,17,19)/t14-/m1/s1. The third kappa shape index (κ3) is 4.18. The highest BCUT2D eigenvalue weighted by Gasteiger charge is 2.33. The van der Waals surface area contributed by atoms with E-state index < -0.39 is 16.1 Å². The van der Waals surface area contributed by atoms with E-state index in [2.05, 4.69) is 27.8 Å². The molecule has 2 rings (SSSR count). The van der Waals surface area contributed by atoms with Gasteiger partial charge >= 0.3 is 0 Å². The Hall–Kier alpha value is -1.18. The third-order valence-corrected chi connectivity index (χ3v) is 5.63. The van der Waals surface area contributed by atoms with Crippen molar-refractivity contribution in [1.82, 2.24) is 9.62 Å². The van der Waals surface area contributed by atoms with Crippen molar-refractivity contribution in [3.63, 3.8) is 0 Å². The molecule has 1 aromatic carbocycles. The van der Waals surface area contributed by atoms with Gasteiger partial charge in [-0.15, -0.1) is 0 Å². The van der Waals surface area contributed by atoms with Crippen LogP contribution in [0.3, 0.4) is 0 Å². The summed E-state index contributed by atoms with van der Waals surface area (Å²) in [5.41, 5.74) is 0.825. The molecule has 1 amide bonds. The van der Waals surface area contributed by atoms with Crippen molar-refractivity contribution in [3.8, 4) is 0 Å². The number of sulfonamides is 1. The molecule has 1 N–H and O–H groups in total. The first-order chi connectivity index (χ1) is 10.4. The van der Waals surface area contributed by atoms with Crippen molar-refractivity contribution >= 4 is 31.9 Å². The van der Waals surface area contributed by atoms with Crippen LogP contribution in [0.2, 0.25) is 0 Å². The molecule has 0 saturated carbocycles. The number of benzene rings is 1. The second kappa shape index (κ2) is 7.39. The lowest BCUT2D eigenvalue weighted by atomic mass is 10.1. The minimum Gasteiger partial charge on any atom is -0.355 e. The van der Waals surface area contributed by atoms with Gasteiger partial charge in [0.15, 0.2) is 0 Å². The van der Waals surface area contributed by atoms with E-state index in [1.807, 2.05) is 24.3 Å². The van der Waals surface area contributed by atoms with Gasteiger partial charge in [-0.05, 0) is 37.0 Å². The van der Waals surface area contributed by atoms with Crippen LogP contribution in [0.1, 0.15) is 24.8 Å². The van der Waals surface area contributed by atoms with Crippen LogP contribution in [0.25, 0.3) is 0 Å². The van der Waals surface area contributed by atoms with Gasteiger partial charge in [0, 0.05) is 23.0 Å². The predicted octanol–water partition coefficient (Wildman–Crippen LogP) is 2.39. The number of nitrogens with one attached hydrogen (secondary N) is 1. The SMILES string of the molecule is C=CS(=O)(=O)N(Cc1ccc(Br)cc1)[C@@H]1CCCCNC1=O. The number of hydrogen-bond donors (Lipinski definition) is 1. The van der Waals surface area contributed by atoms with E-state index in [1.165, 1.54) is 4.31 Å². The van der Waals surface area contributed by atoms with Crippen LogP contribution >= 0.6 is 15.9 Å². The van der Waals surface area contributed by atoms with Gasteiger partial charge in [-0.1, -0.05) is 34.6 Å². The zero-order valence-electron chi connectivity index (χ0n) is 12.2. The van der Waals surface area contributed by atoms with Gasteiger partial charge in [-0.3, -0.25) is 4.79 Å². The van der Waals surface area contributed by atoms with Crippen molar-refractivity contribution in [1.29, 1.82) is 0 Å². The molecule has 0 aromatic heterocycles. The van der Waals surface area contributed by atoms with E-state index in [9.17, 15) is 13.2 Å². The van der Waals surface area contributed by atoms with Crippen LogP contribution in [0.5, 0.6) is 0 Å². The summed E-state index contributed by atoms with van der Waals surface area (Å²) in [5.74, 6) is -0.236. The van der Waals surface area contributed by atoms with Crippen molar-refractivity contribution < 1.29 is 13.2 Å². The van der Waals surface area contributed by atoms with Gasteiger partial charge in [0.25, 0.3) is 0 Å². The van der Waals surface area contributed by atoms with Crippen LogP contribution in [0, 0.1) is 0 Å². The topological polar surface area (TPSA) is 66.5 Å². The van der Waals surface area contributed by atoms with Crippen LogP contribution in [-0.4, -0.2) is 31.2 Å². The maximum absolute atomic E-state index is 12.3. The molecule has 1 aromatic rings. The maximum atomic E-state index is 12.3. The third-order valence-electron chi connectivity index (χ3n) is 3.64. The average Bonchev–Trinajstić information content (AvgIpc) is 2.71. The molecule has 0 spiro atoms. The lowest BCUT2D eigenvalue weighted by Gasteiger charge is -2.27. The van der Waals surface area contributed by atoms with Crippen LogP contribution in [-0.2, 0) is 21.4 Å². The van der Waals surface area contributed by atoms with E-state index in [1.54, 1.807) is 0 Å². The molecule has 0 bridgehead atoms. The van der Waals surface area contributed by atoms with Gasteiger partial charge in [-0.25, -0.2) is 8.42 Å². The Morgan fingerprint density at radius 3 is 2.64 bits per heavy atom. The zero-order chi connectivity index (χ0) is 16.2. The molecule has 0 aliphatic carbocycles. The number of carbonyl (C=O) groups is 1. The van der Waals surface area contributed by atoms with Crippen molar-refractivity contribution in [2.75, 3.05) is 6.54 Å². The quantitative estimate of drug-likeness (QED) is 0.844. The first kappa shape index (κ1) is 17.2. The summed E-state index contributed by atoms with van der Waals surface area (Å²) in [6.45, 7) is 4.13. The fraction of sp³-hybridized carbons (Fsp3) is 0.400. The molecular formula is C15H19BrN2O3S. The maximum Gasteiger partial charge on any atom is 0.238 e. The summed E-state index contributed by atoms with van der Waals surface area (Å²) >= 11 is 3.35. The van der Waals surface area contributed by atoms with E-state index in [0.717, 1.165) is 28.3 Å². The molecule has 0 unspecified atom stereocenters. The lowest BCUT2D eigenvalue weighted by molar-refractivity contribution is -0.124. The summed E-state index contributed by atoms with van der Waals surface area (Å²) in [7, 11) is -3.69. The monoisotopic (exact) mass is 386 g/mol. The molecule has 7 heteroatoms. The number of hydrogen-bond acceptors (Lipinski definition) is 3. The summed E-state index contributed by atoms with van der Waals surface area (Å²) in [4.78, 5) is 12.2. The number of nitrogens with zero attached hydrogens (tertiary/aromatic N) is 1. The number of rotatable bonds is 5. The molecule has 1 fully saturated rings. The molecule has 120 valence electrons. The van der Waals surface area contributed by atoms with Crippen molar-refractivity contribution in [2.45, 2.75) is 31.8 Å². The molecular weight excluding hydrogens is 368 g/mol. The lowest BCUT2D eigenvalue weighted by Crippen LogP contribution is -2.47. The zero-order valence-corrected chi connectivity index (χ0v) is 14.6. The number of amides is 1. The second-order valence-corrected chi connectivity index (χ2v) is 7.93. The Morgan fingerprint density at radius 2 is 2.00 bits per heavy atom. The van der Waals surface area contributed by atoms with Gasteiger partial charge in [0.05, 0.1) is 0 Å². The normalized spacial score (nSPS) is 19.5. The van der Waals surface area contributed by atoms with Gasteiger partial charge in [-0.2, -0.15) is 4.31 Å². The van der Waals surface area contributed by atoms with Crippen molar-refractivity contribution in [2.24, 2.45) is 0 Å². The first-order valence-corrected chi connectivity index (χ1v) is 9.40.